The fourth-order valence-corrected chi connectivity index (χ4v) is 4.58. The van der Waals surface area contributed by atoms with Crippen molar-refractivity contribution in [2.75, 3.05) is 13.7 Å². The van der Waals surface area contributed by atoms with Crippen LogP contribution in [0.1, 0.15) is 27.2 Å². The molecule has 0 radical (unpaired) electrons. The molecule has 0 unspecified atom stereocenters. The number of nitrogens with zero attached hydrogens (tertiary/aromatic N) is 2. The molecule has 1 aliphatic rings. The van der Waals surface area contributed by atoms with Crippen LogP contribution in [0.15, 0.2) is 78.9 Å². The Labute approximate surface area is 192 Å². The van der Waals surface area contributed by atoms with E-state index in [0.29, 0.717) is 24.3 Å². The van der Waals surface area contributed by atoms with Gasteiger partial charge >= 0.3 is 0 Å². The number of ether oxygens (including phenoxy) is 1. The second kappa shape index (κ2) is 8.58. The van der Waals surface area contributed by atoms with Crippen molar-refractivity contribution >= 4 is 5.91 Å². The van der Waals surface area contributed by atoms with Gasteiger partial charge < -0.3 is 14.2 Å². The lowest BCUT2D eigenvalue weighted by Crippen LogP contribution is -2.36. The summed E-state index contributed by atoms with van der Waals surface area (Å²) in [6.45, 7) is 3.12. The molecule has 0 bridgehead atoms. The number of methoxy groups -OCH3 is 1. The van der Waals surface area contributed by atoms with Crippen molar-refractivity contribution in [2.24, 2.45) is 0 Å². The number of rotatable bonds is 4. The van der Waals surface area contributed by atoms with Crippen molar-refractivity contribution in [3.8, 4) is 22.7 Å². The minimum absolute atomic E-state index is 0.0353. The van der Waals surface area contributed by atoms with Gasteiger partial charge in [-0.15, -0.1) is 0 Å². The van der Waals surface area contributed by atoms with E-state index in [1.54, 1.807) is 25.3 Å². The number of benzene rings is 3. The lowest BCUT2D eigenvalue weighted by Gasteiger charge is -2.29. The van der Waals surface area contributed by atoms with E-state index in [-0.39, 0.29) is 11.7 Å². The summed E-state index contributed by atoms with van der Waals surface area (Å²) < 4.78 is 22.0. The van der Waals surface area contributed by atoms with Gasteiger partial charge in [-0.3, -0.25) is 4.79 Å². The van der Waals surface area contributed by atoms with Crippen LogP contribution in [0.5, 0.6) is 5.75 Å². The van der Waals surface area contributed by atoms with E-state index in [9.17, 15) is 9.18 Å². The summed E-state index contributed by atoms with van der Waals surface area (Å²) in [5.74, 6) is 0.367. The van der Waals surface area contributed by atoms with Gasteiger partial charge in [-0.1, -0.05) is 36.4 Å². The maximum Gasteiger partial charge on any atom is 0.256 e. The molecular formula is C28H25FN2O2. The van der Waals surface area contributed by atoms with E-state index in [2.05, 4.69) is 12.1 Å². The molecule has 4 nitrogen and oxygen atoms in total. The molecule has 1 amide bonds. The molecule has 5 heteroatoms. The average Bonchev–Trinajstić information content (AvgIpc) is 3.20. The van der Waals surface area contributed by atoms with Crippen LogP contribution in [-0.2, 0) is 13.0 Å². The van der Waals surface area contributed by atoms with E-state index >= 15 is 0 Å². The van der Waals surface area contributed by atoms with Gasteiger partial charge in [-0.2, -0.15) is 0 Å². The topological polar surface area (TPSA) is 34.5 Å². The normalized spacial score (nSPS) is 13.0. The highest BCUT2D eigenvalue weighted by Gasteiger charge is 2.27. The van der Waals surface area contributed by atoms with Gasteiger partial charge in [-0.05, 0) is 72.5 Å². The van der Waals surface area contributed by atoms with E-state index in [1.165, 1.54) is 17.2 Å². The Bertz CT molecular complexity index is 1320. The molecular weight excluding hydrogens is 415 g/mol. The van der Waals surface area contributed by atoms with Crippen LogP contribution in [0.4, 0.5) is 4.39 Å². The van der Waals surface area contributed by atoms with E-state index in [1.807, 2.05) is 58.9 Å². The van der Waals surface area contributed by atoms with Gasteiger partial charge in [0.05, 0.1) is 24.1 Å². The third-order valence-electron chi connectivity index (χ3n) is 6.37. The van der Waals surface area contributed by atoms with Crippen molar-refractivity contribution in [1.82, 2.24) is 9.47 Å². The zero-order chi connectivity index (χ0) is 22.9. The fourth-order valence-electron chi connectivity index (χ4n) is 4.58. The predicted molar refractivity (Wildman–Crippen MR) is 127 cm³/mol. The first-order valence-corrected chi connectivity index (χ1v) is 11.0. The number of fused-ring (bicyclic) bond motifs is 1. The van der Waals surface area contributed by atoms with Gasteiger partial charge in [-0.25, -0.2) is 4.39 Å². The molecule has 1 aromatic heterocycles. The monoisotopic (exact) mass is 440 g/mol. The van der Waals surface area contributed by atoms with Gasteiger partial charge in [0.2, 0.25) is 0 Å². The molecule has 0 saturated carbocycles. The van der Waals surface area contributed by atoms with Crippen LogP contribution in [0.2, 0.25) is 0 Å². The molecule has 0 fully saturated rings. The maximum atomic E-state index is 14.9. The first-order chi connectivity index (χ1) is 16.1. The number of carbonyl (C=O) groups is 1. The van der Waals surface area contributed by atoms with Crippen molar-refractivity contribution in [3.63, 3.8) is 0 Å². The van der Waals surface area contributed by atoms with Crippen LogP contribution in [-0.4, -0.2) is 29.0 Å². The zero-order valence-electron chi connectivity index (χ0n) is 18.7. The Morgan fingerprint density at radius 2 is 1.64 bits per heavy atom. The highest BCUT2D eigenvalue weighted by atomic mass is 19.1. The highest BCUT2D eigenvalue weighted by Crippen LogP contribution is 2.33. The number of hydrogen-bond acceptors (Lipinski definition) is 2. The quantitative estimate of drug-likeness (QED) is 0.402. The molecule has 3 aromatic carbocycles. The Kier molecular flexibility index (Phi) is 5.47. The highest BCUT2D eigenvalue weighted by molar-refractivity contribution is 5.97. The van der Waals surface area contributed by atoms with Crippen LogP contribution in [0.3, 0.4) is 0 Å². The van der Waals surface area contributed by atoms with Crippen LogP contribution < -0.4 is 4.74 Å². The Morgan fingerprint density at radius 1 is 0.939 bits per heavy atom. The van der Waals surface area contributed by atoms with Crippen molar-refractivity contribution in [3.05, 3.63) is 107 Å². The summed E-state index contributed by atoms with van der Waals surface area (Å²) in [6.07, 6.45) is 0.834. The van der Waals surface area contributed by atoms with Crippen molar-refractivity contribution < 1.29 is 13.9 Å². The molecule has 0 spiro atoms. The summed E-state index contributed by atoms with van der Waals surface area (Å²) in [7, 11) is 1.62. The maximum absolute atomic E-state index is 14.9. The number of amides is 1. The van der Waals surface area contributed by atoms with E-state index in [4.69, 9.17) is 4.74 Å². The molecule has 33 heavy (non-hydrogen) atoms. The summed E-state index contributed by atoms with van der Waals surface area (Å²) in [5, 5.41) is 0. The molecule has 166 valence electrons. The smallest absolute Gasteiger partial charge is 0.256 e. The van der Waals surface area contributed by atoms with Crippen molar-refractivity contribution in [2.45, 2.75) is 19.9 Å². The van der Waals surface area contributed by atoms with Crippen LogP contribution in [0.25, 0.3) is 16.9 Å². The van der Waals surface area contributed by atoms with Crippen molar-refractivity contribution in [1.29, 1.82) is 0 Å². The number of carbonyl (C=O) groups excluding carboxylic acids is 1. The Balaban J connectivity index is 1.60. The molecule has 0 atom stereocenters. The number of hydrogen-bond donors (Lipinski definition) is 0. The van der Waals surface area contributed by atoms with Gasteiger partial charge in [0.1, 0.15) is 11.6 Å². The predicted octanol–water partition coefficient (Wildman–Crippen LogP) is 5.80. The van der Waals surface area contributed by atoms with Gasteiger partial charge in [0.25, 0.3) is 5.91 Å². The summed E-state index contributed by atoms with van der Waals surface area (Å²) in [6, 6.07) is 24.4. The molecule has 4 aromatic rings. The third kappa shape index (κ3) is 3.80. The summed E-state index contributed by atoms with van der Waals surface area (Å²) in [5.41, 5.74) is 5.84. The molecule has 0 aliphatic carbocycles. The first-order valence-electron chi connectivity index (χ1n) is 11.0. The fraction of sp³-hybridized carbons (Fsp3) is 0.179. The Morgan fingerprint density at radius 3 is 2.36 bits per heavy atom. The van der Waals surface area contributed by atoms with E-state index < -0.39 is 0 Å². The second-order valence-corrected chi connectivity index (χ2v) is 8.29. The lowest BCUT2D eigenvalue weighted by molar-refractivity contribution is 0.0734. The summed E-state index contributed by atoms with van der Waals surface area (Å²) >= 11 is 0. The standard InChI is InChI=1S/C28H25FN2O2/c1-19-24(28(32)30-16-15-20-7-3-4-8-22(20)18-30)17-27(21-11-13-23(33-2)14-12-21)31(19)26-10-6-5-9-25(26)29/h3-14,17H,15-16,18H2,1-2H3. The van der Waals surface area contributed by atoms with E-state index in [0.717, 1.165) is 29.1 Å². The minimum atomic E-state index is -0.336. The number of halogens is 1. The van der Waals surface area contributed by atoms with Gasteiger partial charge in [0.15, 0.2) is 0 Å². The SMILES string of the molecule is COc1ccc(-c2cc(C(=O)N3CCc4ccccc4C3)c(C)n2-c2ccccc2F)cc1. The van der Waals surface area contributed by atoms with Gasteiger partial charge in [0, 0.05) is 18.8 Å². The minimum Gasteiger partial charge on any atom is -0.497 e. The van der Waals surface area contributed by atoms with Crippen LogP contribution >= 0.6 is 0 Å². The largest absolute Gasteiger partial charge is 0.497 e. The number of aromatic nitrogens is 1. The summed E-state index contributed by atoms with van der Waals surface area (Å²) in [4.78, 5) is 15.5. The Hall–Kier alpha value is -3.86. The van der Waals surface area contributed by atoms with Crippen LogP contribution in [0, 0.1) is 12.7 Å². The average molecular weight is 441 g/mol. The third-order valence-corrected chi connectivity index (χ3v) is 6.37. The molecule has 5 rings (SSSR count). The molecule has 0 saturated heterocycles. The zero-order valence-corrected chi connectivity index (χ0v) is 18.7. The molecule has 0 N–H and O–H groups in total. The lowest BCUT2D eigenvalue weighted by atomic mass is 9.99. The second-order valence-electron chi connectivity index (χ2n) is 8.29. The molecule has 2 heterocycles. The first kappa shape index (κ1) is 21.0. The molecule has 1 aliphatic heterocycles. The number of para-hydroxylation sites is 1.